The maximum Gasteiger partial charge on any atom is 0.448 e. The van der Waals surface area contributed by atoms with Crippen LogP contribution in [-0.4, -0.2) is 64.0 Å². The molecule has 0 rings (SSSR count). The SMILES string of the molecule is CB(O)O.CC.CCN.CN=NC.CNN(C)C. The molecule has 0 aromatic carbocycles. The van der Waals surface area contributed by atoms with Crippen molar-refractivity contribution in [2.24, 2.45) is 16.0 Å². The van der Waals surface area contributed by atoms with Crippen molar-refractivity contribution in [2.45, 2.75) is 27.6 Å². The quantitative estimate of drug-likeness (QED) is 0.314. The Morgan fingerprint density at radius 1 is 1.17 bits per heavy atom. The second-order valence-electron chi connectivity index (χ2n) is 2.56. The van der Waals surface area contributed by atoms with Crippen LogP contribution in [0.2, 0.25) is 6.82 Å². The monoisotopic (exact) mass is 267 g/mol. The first-order chi connectivity index (χ1) is 8.33. The largest absolute Gasteiger partial charge is 0.448 e. The van der Waals surface area contributed by atoms with Crippen molar-refractivity contribution in [1.29, 1.82) is 0 Å². The Morgan fingerprint density at radius 3 is 1.28 bits per heavy atom. The van der Waals surface area contributed by atoms with E-state index in [4.69, 9.17) is 15.8 Å². The smallest absolute Gasteiger partial charge is 0.427 e. The van der Waals surface area contributed by atoms with Gasteiger partial charge in [0.05, 0.1) is 0 Å². The number of nitrogens with zero attached hydrogens (tertiary/aromatic N) is 3. The van der Waals surface area contributed by atoms with Crippen LogP contribution in [0.15, 0.2) is 10.2 Å². The molecule has 0 heterocycles. The zero-order chi connectivity index (χ0) is 16.0. The predicted octanol–water partition coefficient (Wildman–Crippen LogP) is 0.461. The molecule has 0 radical (unpaired) electrons. The second kappa shape index (κ2) is 44.0. The van der Waals surface area contributed by atoms with E-state index in [-0.39, 0.29) is 0 Å². The summed E-state index contributed by atoms with van der Waals surface area (Å²) in [6.45, 7) is 7.93. The lowest BCUT2D eigenvalue weighted by Gasteiger charge is -2.02. The lowest BCUT2D eigenvalue weighted by Crippen LogP contribution is -2.25. The van der Waals surface area contributed by atoms with E-state index < -0.39 is 7.12 Å². The normalized spacial score (nSPS) is 7.61. The highest BCUT2D eigenvalue weighted by Crippen LogP contribution is 1.51. The first-order valence-electron chi connectivity index (χ1n) is 5.92. The van der Waals surface area contributed by atoms with Gasteiger partial charge in [0.1, 0.15) is 0 Å². The Bertz CT molecular complexity index is 110. The van der Waals surface area contributed by atoms with E-state index in [1.165, 1.54) is 6.82 Å². The van der Waals surface area contributed by atoms with E-state index in [0.29, 0.717) is 0 Å². The van der Waals surface area contributed by atoms with Crippen LogP contribution >= 0.6 is 0 Å². The molecule has 7 nitrogen and oxygen atoms in total. The summed E-state index contributed by atoms with van der Waals surface area (Å²) in [5, 5.41) is 23.8. The molecule has 0 aliphatic rings. The molecule has 0 spiro atoms. The molecule has 0 aromatic heterocycles. The van der Waals surface area contributed by atoms with Gasteiger partial charge in [0.15, 0.2) is 0 Å². The fourth-order valence-electron chi connectivity index (χ4n) is 0. The van der Waals surface area contributed by atoms with Gasteiger partial charge in [0.25, 0.3) is 0 Å². The summed E-state index contributed by atoms with van der Waals surface area (Å²) in [4.78, 5) is 0. The highest BCUT2D eigenvalue weighted by atomic mass is 16.4. The molecule has 0 bridgehead atoms. The Hall–Kier alpha value is -0.535. The number of rotatable bonds is 1. The van der Waals surface area contributed by atoms with Crippen LogP contribution in [0.5, 0.6) is 0 Å². The van der Waals surface area contributed by atoms with Crippen molar-refractivity contribution >= 4 is 7.12 Å². The van der Waals surface area contributed by atoms with Gasteiger partial charge in [-0.3, -0.25) is 10.4 Å². The van der Waals surface area contributed by atoms with Crippen molar-refractivity contribution in [2.75, 3.05) is 41.8 Å². The lowest BCUT2D eigenvalue weighted by atomic mass is 9.99. The molecule has 18 heavy (non-hydrogen) atoms. The number of hydrogen-bond acceptors (Lipinski definition) is 7. The van der Waals surface area contributed by atoms with Crippen molar-refractivity contribution in [3.63, 3.8) is 0 Å². The van der Waals surface area contributed by atoms with Crippen LogP contribution in [0.25, 0.3) is 0 Å². The third kappa shape index (κ3) is 533. The molecule has 0 saturated heterocycles. The van der Waals surface area contributed by atoms with Crippen molar-refractivity contribution < 1.29 is 10.0 Å². The van der Waals surface area contributed by atoms with Gasteiger partial charge in [-0.2, -0.15) is 10.2 Å². The van der Waals surface area contributed by atoms with Crippen molar-refractivity contribution in [3.05, 3.63) is 0 Å². The van der Waals surface area contributed by atoms with Crippen molar-refractivity contribution in [1.82, 2.24) is 10.4 Å². The van der Waals surface area contributed by atoms with Crippen molar-refractivity contribution in [3.8, 4) is 0 Å². The number of azo groups is 1. The van der Waals surface area contributed by atoms with Gasteiger partial charge in [-0.1, -0.05) is 20.8 Å². The summed E-state index contributed by atoms with van der Waals surface area (Å²) in [5.74, 6) is 0. The molecular formula is C10H34BN5O2. The van der Waals surface area contributed by atoms with E-state index in [1.807, 2.05) is 46.9 Å². The van der Waals surface area contributed by atoms with Gasteiger partial charge in [-0.25, -0.2) is 0 Å². The van der Waals surface area contributed by atoms with Crippen LogP contribution in [0.3, 0.4) is 0 Å². The molecule has 0 aliphatic carbocycles. The molecule has 0 atom stereocenters. The number of hydrogen-bond donors (Lipinski definition) is 4. The summed E-state index contributed by atoms with van der Waals surface area (Å²) < 4.78 is 0. The summed E-state index contributed by atoms with van der Waals surface area (Å²) >= 11 is 0. The zero-order valence-corrected chi connectivity index (χ0v) is 13.6. The lowest BCUT2D eigenvalue weighted by molar-refractivity contribution is 0.323. The molecule has 0 aromatic rings. The summed E-state index contributed by atoms with van der Waals surface area (Å²) in [5.41, 5.74) is 7.71. The first-order valence-corrected chi connectivity index (χ1v) is 5.92. The topological polar surface area (TPSA) is 106 Å². The van der Waals surface area contributed by atoms with E-state index in [1.54, 1.807) is 14.1 Å². The van der Waals surface area contributed by atoms with Gasteiger partial charge in [0, 0.05) is 28.2 Å². The first kappa shape index (κ1) is 30.5. The molecule has 5 N–H and O–H groups in total. The number of hydrazine groups is 1. The molecule has 0 aliphatic heterocycles. The second-order valence-corrected chi connectivity index (χ2v) is 2.56. The molecule has 0 amide bonds. The number of nitrogens with one attached hydrogen (secondary N) is 1. The fourth-order valence-corrected chi connectivity index (χ4v) is 0. The van der Waals surface area contributed by atoms with Gasteiger partial charge in [-0.15, -0.1) is 0 Å². The van der Waals surface area contributed by atoms with Gasteiger partial charge >= 0.3 is 7.12 Å². The average molecular weight is 267 g/mol. The Kier molecular flexibility index (Phi) is 74.4. The highest BCUT2D eigenvalue weighted by Gasteiger charge is 1.86. The van der Waals surface area contributed by atoms with E-state index >= 15 is 0 Å². The third-order valence-corrected chi connectivity index (χ3v) is 0.647. The predicted molar refractivity (Wildman–Crippen MR) is 81.6 cm³/mol. The summed E-state index contributed by atoms with van der Waals surface area (Å²) in [6.07, 6.45) is 0. The highest BCUT2D eigenvalue weighted by molar-refractivity contribution is 6.38. The Morgan fingerprint density at radius 2 is 1.28 bits per heavy atom. The number of nitrogens with two attached hydrogens (primary N) is 1. The minimum Gasteiger partial charge on any atom is -0.427 e. The minimum atomic E-state index is -1.17. The summed E-state index contributed by atoms with van der Waals surface area (Å²) in [7, 11) is 7.88. The van der Waals surface area contributed by atoms with Crippen LogP contribution < -0.4 is 11.2 Å². The summed E-state index contributed by atoms with van der Waals surface area (Å²) in [6, 6.07) is 0. The molecule has 0 saturated carbocycles. The molecule has 0 unspecified atom stereocenters. The van der Waals surface area contributed by atoms with E-state index in [0.717, 1.165) is 6.54 Å². The van der Waals surface area contributed by atoms with Gasteiger partial charge in [0.2, 0.25) is 0 Å². The maximum atomic E-state index is 7.61. The maximum absolute atomic E-state index is 7.61. The van der Waals surface area contributed by atoms with E-state index in [9.17, 15) is 0 Å². The minimum absolute atomic E-state index is 0.750. The van der Waals surface area contributed by atoms with E-state index in [2.05, 4.69) is 15.7 Å². The molecule has 0 fully saturated rings. The third-order valence-electron chi connectivity index (χ3n) is 0.647. The zero-order valence-electron chi connectivity index (χ0n) is 13.6. The molecule has 8 heteroatoms. The standard InChI is InChI=1S/C3H10N2.C2H6N2.C2H7N.C2H6.CH5BO2/c1-4-5(2)3;1-3-4-2;1-2-3;1-2;1-2(3)4/h4H,1-3H3;1-2H3;2-3H2,1H3;1-2H3;3-4H,1H3. The molecular weight excluding hydrogens is 233 g/mol. The Labute approximate surface area is 114 Å². The van der Waals surface area contributed by atoms with Gasteiger partial charge in [-0.05, 0) is 20.4 Å². The fraction of sp³-hybridized carbons (Fsp3) is 1.00. The van der Waals surface area contributed by atoms with Crippen LogP contribution in [0.1, 0.15) is 20.8 Å². The van der Waals surface area contributed by atoms with Crippen LogP contribution in [0, 0.1) is 0 Å². The molecule has 114 valence electrons. The average Bonchev–Trinajstić information content (AvgIpc) is 2.32. The van der Waals surface area contributed by atoms with Crippen LogP contribution in [0.4, 0.5) is 0 Å². The van der Waals surface area contributed by atoms with Gasteiger partial charge < -0.3 is 15.8 Å². The van der Waals surface area contributed by atoms with Crippen LogP contribution in [-0.2, 0) is 0 Å². The Balaban J connectivity index is -0.0000000404.